The van der Waals surface area contributed by atoms with Crippen LogP contribution in [0.15, 0.2) is 35.3 Å². The molecule has 1 aliphatic heterocycles. The smallest absolute Gasteiger partial charge is 0.224 e. The molecule has 0 radical (unpaired) electrons. The number of amides is 2. The molecule has 27 heavy (non-hydrogen) atoms. The van der Waals surface area contributed by atoms with Crippen LogP contribution >= 0.6 is 11.3 Å². The first-order valence-electron chi connectivity index (χ1n) is 9.61. The summed E-state index contributed by atoms with van der Waals surface area (Å²) in [7, 11) is 0. The third-order valence-electron chi connectivity index (χ3n) is 6.09. The van der Waals surface area contributed by atoms with Crippen LogP contribution in [0.25, 0.3) is 0 Å². The summed E-state index contributed by atoms with van der Waals surface area (Å²) in [5.41, 5.74) is 1.43. The van der Waals surface area contributed by atoms with E-state index in [0.29, 0.717) is 25.6 Å². The van der Waals surface area contributed by atoms with E-state index in [0.717, 1.165) is 32.4 Å². The van der Waals surface area contributed by atoms with Crippen molar-refractivity contribution in [1.82, 2.24) is 19.6 Å². The lowest BCUT2D eigenvalue weighted by molar-refractivity contribution is -0.134. The quantitative estimate of drug-likeness (QED) is 0.767. The lowest BCUT2D eigenvalue weighted by Gasteiger charge is -2.34. The van der Waals surface area contributed by atoms with Crippen LogP contribution in [-0.2, 0) is 22.7 Å². The molecule has 7 heteroatoms. The summed E-state index contributed by atoms with van der Waals surface area (Å²) in [6, 6.07) is 4.30. The van der Waals surface area contributed by atoms with Crippen LogP contribution in [0.5, 0.6) is 0 Å². The molecule has 1 spiro atoms. The first-order chi connectivity index (χ1) is 13.1. The van der Waals surface area contributed by atoms with Crippen molar-refractivity contribution in [3.05, 3.63) is 40.8 Å². The van der Waals surface area contributed by atoms with E-state index in [2.05, 4.69) is 21.9 Å². The van der Waals surface area contributed by atoms with Gasteiger partial charge in [0.25, 0.3) is 0 Å². The minimum atomic E-state index is 0.154. The maximum absolute atomic E-state index is 12.5. The third kappa shape index (κ3) is 3.93. The molecule has 6 nitrogen and oxygen atoms in total. The Labute approximate surface area is 163 Å². The predicted octanol–water partition coefficient (Wildman–Crippen LogP) is 2.76. The van der Waals surface area contributed by atoms with Crippen LogP contribution in [0.4, 0.5) is 0 Å². The summed E-state index contributed by atoms with van der Waals surface area (Å²) in [6.07, 6.45) is 7.19. The number of piperidine rings is 1. The van der Waals surface area contributed by atoms with Gasteiger partial charge in [-0.2, -0.15) is 16.4 Å². The molecule has 2 aliphatic rings. The van der Waals surface area contributed by atoms with E-state index in [1.807, 2.05) is 22.1 Å². The van der Waals surface area contributed by atoms with Crippen molar-refractivity contribution in [1.29, 1.82) is 0 Å². The van der Waals surface area contributed by atoms with E-state index < -0.39 is 0 Å². The Bertz CT molecular complexity index is 779. The fourth-order valence-electron chi connectivity index (χ4n) is 4.33. The highest BCUT2D eigenvalue weighted by molar-refractivity contribution is 7.07. The van der Waals surface area contributed by atoms with E-state index in [4.69, 9.17) is 0 Å². The number of aryl methyl sites for hydroxylation is 1. The second kappa shape index (κ2) is 7.46. The van der Waals surface area contributed by atoms with Gasteiger partial charge in [-0.1, -0.05) is 0 Å². The molecular weight excluding hydrogens is 360 g/mol. The zero-order valence-electron chi connectivity index (χ0n) is 15.7. The predicted molar refractivity (Wildman–Crippen MR) is 104 cm³/mol. The topological polar surface area (TPSA) is 58.4 Å². The number of carbonyl (C=O) groups excluding carboxylic acids is 2. The Morgan fingerprint density at radius 1 is 1.37 bits per heavy atom. The molecule has 0 bridgehead atoms. The van der Waals surface area contributed by atoms with Crippen molar-refractivity contribution in [2.24, 2.45) is 5.41 Å². The van der Waals surface area contributed by atoms with Crippen LogP contribution in [-0.4, -0.2) is 50.5 Å². The van der Waals surface area contributed by atoms with Gasteiger partial charge in [-0.3, -0.25) is 14.3 Å². The lowest BCUT2D eigenvalue weighted by Crippen LogP contribution is -2.42. The molecule has 1 saturated heterocycles. The monoisotopic (exact) mass is 386 g/mol. The van der Waals surface area contributed by atoms with Crippen LogP contribution < -0.4 is 0 Å². The summed E-state index contributed by atoms with van der Waals surface area (Å²) in [6.45, 7) is 4.62. The largest absolute Gasteiger partial charge is 0.343 e. The molecule has 2 aromatic heterocycles. The zero-order chi connectivity index (χ0) is 18.9. The SMILES string of the molecule is CC(=O)N(Cc1ccsc1)[C@@H]1CC12CCN(C(=O)CCn1cccn1)CC2. The average Bonchev–Trinajstić information content (AvgIpc) is 3.08. The highest BCUT2D eigenvalue weighted by Crippen LogP contribution is 2.57. The molecule has 0 aromatic carbocycles. The normalized spacial score (nSPS) is 20.6. The Morgan fingerprint density at radius 3 is 2.81 bits per heavy atom. The van der Waals surface area contributed by atoms with Crippen molar-refractivity contribution >= 4 is 23.2 Å². The van der Waals surface area contributed by atoms with E-state index in [9.17, 15) is 9.59 Å². The average molecular weight is 387 g/mol. The van der Waals surface area contributed by atoms with Crippen molar-refractivity contribution in [2.45, 2.75) is 51.7 Å². The second-order valence-electron chi connectivity index (χ2n) is 7.76. The van der Waals surface area contributed by atoms with E-state index in [1.54, 1.807) is 29.1 Å². The number of aromatic nitrogens is 2. The van der Waals surface area contributed by atoms with Gasteiger partial charge in [0.15, 0.2) is 0 Å². The number of hydrogen-bond acceptors (Lipinski definition) is 4. The third-order valence-corrected chi connectivity index (χ3v) is 6.82. The number of thiophene rings is 1. The number of nitrogens with zero attached hydrogens (tertiary/aromatic N) is 4. The highest BCUT2D eigenvalue weighted by atomic mass is 32.1. The molecule has 1 aliphatic carbocycles. The van der Waals surface area contributed by atoms with Gasteiger partial charge in [0.1, 0.15) is 0 Å². The summed E-state index contributed by atoms with van der Waals surface area (Å²) < 4.78 is 1.80. The van der Waals surface area contributed by atoms with Crippen molar-refractivity contribution < 1.29 is 9.59 Å². The lowest BCUT2D eigenvalue weighted by atomic mass is 9.92. The van der Waals surface area contributed by atoms with Gasteiger partial charge in [0.05, 0.1) is 0 Å². The fourth-order valence-corrected chi connectivity index (χ4v) is 4.99. The first-order valence-corrected chi connectivity index (χ1v) is 10.6. The molecule has 2 amide bonds. The zero-order valence-corrected chi connectivity index (χ0v) is 16.5. The maximum Gasteiger partial charge on any atom is 0.224 e. The minimum absolute atomic E-state index is 0.154. The minimum Gasteiger partial charge on any atom is -0.343 e. The molecule has 2 aromatic rings. The second-order valence-corrected chi connectivity index (χ2v) is 8.54. The molecule has 1 atom stereocenters. The van der Waals surface area contributed by atoms with Crippen molar-refractivity contribution in [2.75, 3.05) is 13.1 Å². The van der Waals surface area contributed by atoms with E-state index in [1.165, 1.54) is 5.56 Å². The van der Waals surface area contributed by atoms with Crippen LogP contribution in [0.3, 0.4) is 0 Å². The highest BCUT2D eigenvalue weighted by Gasteiger charge is 2.58. The summed E-state index contributed by atoms with van der Waals surface area (Å²) in [5, 5.41) is 8.33. The molecule has 4 rings (SSSR count). The summed E-state index contributed by atoms with van der Waals surface area (Å²) in [4.78, 5) is 28.7. The van der Waals surface area contributed by atoms with Gasteiger partial charge < -0.3 is 9.80 Å². The Morgan fingerprint density at radius 2 is 2.19 bits per heavy atom. The van der Waals surface area contributed by atoms with Crippen LogP contribution in [0, 0.1) is 5.41 Å². The maximum atomic E-state index is 12.5. The summed E-state index contributed by atoms with van der Waals surface area (Å²) >= 11 is 1.67. The number of rotatable bonds is 6. The standard InChI is InChI=1S/C20H26N4O2S/c1-16(25)24(14-17-4-12-27-15-17)18-13-20(18)5-10-22(11-6-20)19(26)3-9-23-8-2-7-21-23/h2,4,7-8,12,15,18H,3,5-6,9-11,13-14H2,1H3/t18-/m1/s1. The molecule has 3 heterocycles. The van der Waals surface area contributed by atoms with Crippen LogP contribution in [0.2, 0.25) is 0 Å². The number of likely N-dealkylation sites (tertiary alicyclic amines) is 1. The van der Waals surface area contributed by atoms with Gasteiger partial charge >= 0.3 is 0 Å². The molecule has 0 N–H and O–H groups in total. The first kappa shape index (κ1) is 18.2. The molecular formula is C20H26N4O2S. The molecule has 144 valence electrons. The summed E-state index contributed by atoms with van der Waals surface area (Å²) in [5.74, 6) is 0.361. The van der Waals surface area contributed by atoms with Gasteiger partial charge in [-0.05, 0) is 53.1 Å². The van der Waals surface area contributed by atoms with Gasteiger partial charge in [0.2, 0.25) is 11.8 Å². The van der Waals surface area contributed by atoms with Crippen molar-refractivity contribution in [3.63, 3.8) is 0 Å². The van der Waals surface area contributed by atoms with E-state index >= 15 is 0 Å². The van der Waals surface area contributed by atoms with Gasteiger partial charge in [-0.15, -0.1) is 0 Å². The molecule has 2 fully saturated rings. The fraction of sp³-hybridized carbons (Fsp3) is 0.550. The number of carbonyl (C=O) groups is 2. The molecule has 1 saturated carbocycles. The Balaban J connectivity index is 1.29. The Kier molecular flexibility index (Phi) is 5.04. The van der Waals surface area contributed by atoms with Crippen molar-refractivity contribution in [3.8, 4) is 0 Å². The van der Waals surface area contributed by atoms with Gasteiger partial charge in [0, 0.05) is 58.0 Å². The number of hydrogen-bond donors (Lipinski definition) is 0. The van der Waals surface area contributed by atoms with E-state index in [-0.39, 0.29) is 17.2 Å². The molecule has 0 unspecified atom stereocenters. The van der Waals surface area contributed by atoms with Gasteiger partial charge in [-0.25, -0.2) is 0 Å². The Hall–Kier alpha value is -2.15. The van der Waals surface area contributed by atoms with Crippen LogP contribution in [0.1, 0.15) is 38.2 Å².